The molecule has 92 valence electrons. The lowest BCUT2D eigenvalue weighted by atomic mass is 10.1. The topological polar surface area (TPSA) is 42.2 Å². The summed E-state index contributed by atoms with van der Waals surface area (Å²) in [5.41, 5.74) is 0.964. The fraction of sp³-hybridized carbons (Fsp3) is 0.462. The predicted octanol–water partition coefficient (Wildman–Crippen LogP) is 2.64. The summed E-state index contributed by atoms with van der Waals surface area (Å²) >= 11 is 0. The standard InChI is InChI=1S/C13H16FNO2/c1-3-16-8-10(2)17-9-12-4-11(7-15)5-13(14)6-12/h4-6,10H,3,8-9H2,1-2H3. The van der Waals surface area contributed by atoms with E-state index in [9.17, 15) is 4.39 Å². The molecule has 0 aliphatic heterocycles. The third-order valence-electron chi connectivity index (χ3n) is 2.18. The molecular weight excluding hydrogens is 221 g/mol. The van der Waals surface area contributed by atoms with E-state index < -0.39 is 5.82 Å². The molecule has 4 heteroatoms. The number of halogens is 1. The average Bonchev–Trinajstić information content (AvgIpc) is 2.33. The second kappa shape index (κ2) is 7.00. The van der Waals surface area contributed by atoms with Gasteiger partial charge in [-0.1, -0.05) is 0 Å². The molecular formula is C13H16FNO2. The number of rotatable bonds is 6. The van der Waals surface area contributed by atoms with Gasteiger partial charge in [-0.2, -0.15) is 5.26 Å². The molecule has 0 heterocycles. The Labute approximate surface area is 101 Å². The summed E-state index contributed by atoms with van der Waals surface area (Å²) in [7, 11) is 0. The van der Waals surface area contributed by atoms with Gasteiger partial charge in [0, 0.05) is 6.61 Å². The lowest BCUT2D eigenvalue weighted by molar-refractivity contribution is -0.0117. The smallest absolute Gasteiger partial charge is 0.124 e. The second-order valence-corrected chi connectivity index (χ2v) is 3.74. The van der Waals surface area contributed by atoms with Gasteiger partial charge >= 0.3 is 0 Å². The maximum atomic E-state index is 13.1. The highest BCUT2D eigenvalue weighted by Crippen LogP contribution is 2.10. The van der Waals surface area contributed by atoms with Gasteiger partial charge in [-0.15, -0.1) is 0 Å². The molecule has 1 unspecified atom stereocenters. The SMILES string of the molecule is CCOCC(C)OCc1cc(F)cc(C#N)c1. The Morgan fingerprint density at radius 2 is 2.18 bits per heavy atom. The molecule has 0 spiro atoms. The minimum Gasteiger partial charge on any atom is -0.379 e. The van der Waals surface area contributed by atoms with Crippen LogP contribution in [-0.4, -0.2) is 19.3 Å². The lowest BCUT2D eigenvalue weighted by Gasteiger charge is -2.12. The monoisotopic (exact) mass is 237 g/mol. The molecule has 0 amide bonds. The van der Waals surface area contributed by atoms with E-state index in [4.69, 9.17) is 14.7 Å². The molecule has 1 aromatic carbocycles. The van der Waals surface area contributed by atoms with Gasteiger partial charge in [0.25, 0.3) is 0 Å². The van der Waals surface area contributed by atoms with Gasteiger partial charge in [0.1, 0.15) is 5.82 Å². The maximum Gasteiger partial charge on any atom is 0.124 e. The van der Waals surface area contributed by atoms with E-state index in [1.165, 1.54) is 12.1 Å². The summed E-state index contributed by atoms with van der Waals surface area (Å²) < 4.78 is 23.8. The normalized spacial score (nSPS) is 12.1. The van der Waals surface area contributed by atoms with E-state index in [0.29, 0.717) is 24.3 Å². The van der Waals surface area contributed by atoms with Crippen molar-refractivity contribution in [1.29, 1.82) is 5.26 Å². The Hall–Kier alpha value is -1.44. The fourth-order valence-corrected chi connectivity index (χ4v) is 1.37. The van der Waals surface area contributed by atoms with Crippen LogP contribution in [-0.2, 0) is 16.1 Å². The third-order valence-corrected chi connectivity index (χ3v) is 2.18. The van der Waals surface area contributed by atoms with Crippen LogP contribution < -0.4 is 0 Å². The molecule has 0 aliphatic rings. The predicted molar refractivity (Wildman–Crippen MR) is 61.9 cm³/mol. The van der Waals surface area contributed by atoms with Crippen molar-refractivity contribution in [3.63, 3.8) is 0 Å². The highest BCUT2D eigenvalue weighted by Gasteiger charge is 2.05. The number of nitrogens with zero attached hydrogens (tertiary/aromatic N) is 1. The van der Waals surface area contributed by atoms with Crippen molar-refractivity contribution in [2.45, 2.75) is 26.6 Å². The van der Waals surface area contributed by atoms with E-state index in [2.05, 4.69) is 0 Å². The summed E-state index contributed by atoms with van der Waals surface area (Å²) in [6, 6.07) is 6.10. The number of ether oxygens (including phenoxy) is 2. The number of benzene rings is 1. The fourth-order valence-electron chi connectivity index (χ4n) is 1.37. The van der Waals surface area contributed by atoms with Gasteiger partial charge in [-0.25, -0.2) is 4.39 Å². The zero-order valence-corrected chi connectivity index (χ0v) is 10.1. The number of nitriles is 1. The highest BCUT2D eigenvalue weighted by atomic mass is 19.1. The van der Waals surface area contributed by atoms with E-state index >= 15 is 0 Å². The molecule has 1 atom stereocenters. The van der Waals surface area contributed by atoms with E-state index in [0.717, 1.165) is 0 Å². The van der Waals surface area contributed by atoms with Crippen molar-refractivity contribution < 1.29 is 13.9 Å². The summed E-state index contributed by atoms with van der Waals surface area (Å²) in [5, 5.41) is 8.70. The molecule has 3 nitrogen and oxygen atoms in total. The zero-order chi connectivity index (χ0) is 12.7. The van der Waals surface area contributed by atoms with Crippen LogP contribution in [0, 0.1) is 17.1 Å². The quantitative estimate of drug-likeness (QED) is 0.763. The highest BCUT2D eigenvalue weighted by molar-refractivity contribution is 5.33. The van der Waals surface area contributed by atoms with Crippen LogP contribution in [0.5, 0.6) is 0 Å². The first-order chi connectivity index (χ1) is 8.15. The molecule has 1 aromatic rings. The van der Waals surface area contributed by atoms with E-state index in [1.807, 2.05) is 19.9 Å². The van der Waals surface area contributed by atoms with Gasteiger partial charge in [0.05, 0.1) is 31.0 Å². The van der Waals surface area contributed by atoms with Crippen molar-refractivity contribution in [2.24, 2.45) is 0 Å². The van der Waals surface area contributed by atoms with Crippen molar-refractivity contribution in [3.8, 4) is 6.07 Å². The van der Waals surface area contributed by atoms with Crippen molar-refractivity contribution in [1.82, 2.24) is 0 Å². The van der Waals surface area contributed by atoms with Gasteiger partial charge < -0.3 is 9.47 Å². The lowest BCUT2D eigenvalue weighted by Crippen LogP contribution is -2.15. The van der Waals surface area contributed by atoms with Crippen LogP contribution in [0.4, 0.5) is 4.39 Å². The van der Waals surface area contributed by atoms with Crippen LogP contribution in [0.2, 0.25) is 0 Å². The Kier molecular flexibility index (Phi) is 5.61. The molecule has 0 saturated carbocycles. The summed E-state index contributed by atoms with van der Waals surface area (Å²) in [5.74, 6) is -0.417. The Balaban J connectivity index is 2.51. The van der Waals surface area contributed by atoms with E-state index in [-0.39, 0.29) is 12.7 Å². The van der Waals surface area contributed by atoms with Crippen LogP contribution >= 0.6 is 0 Å². The minimum atomic E-state index is -0.417. The molecule has 0 bridgehead atoms. The van der Waals surface area contributed by atoms with Crippen LogP contribution in [0.25, 0.3) is 0 Å². The van der Waals surface area contributed by atoms with Gasteiger partial charge in [-0.3, -0.25) is 0 Å². The van der Waals surface area contributed by atoms with Crippen LogP contribution in [0.3, 0.4) is 0 Å². The zero-order valence-electron chi connectivity index (χ0n) is 10.1. The van der Waals surface area contributed by atoms with E-state index in [1.54, 1.807) is 6.07 Å². The van der Waals surface area contributed by atoms with Crippen molar-refractivity contribution in [3.05, 3.63) is 35.1 Å². The molecule has 0 aliphatic carbocycles. The number of hydrogen-bond donors (Lipinski definition) is 0. The largest absolute Gasteiger partial charge is 0.379 e. The van der Waals surface area contributed by atoms with Crippen molar-refractivity contribution in [2.75, 3.05) is 13.2 Å². The summed E-state index contributed by atoms with van der Waals surface area (Å²) in [4.78, 5) is 0. The molecule has 0 fully saturated rings. The van der Waals surface area contributed by atoms with Crippen LogP contribution in [0.1, 0.15) is 25.0 Å². The Bertz CT molecular complexity index is 401. The molecule has 0 aromatic heterocycles. The Morgan fingerprint density at radius 3 is 2.82 bits per heavy atom. The van der Waals surface area contributed by atoms with Gasteiger partial charge in [-0.05, 0) is 37.6 Å². The first-order valence-corrected chi connectivity index (χ1v) is 5.54. The van der Waals surface area contributed by atoms with Crippen molar-refractivity contribution >= 4 is 0 Å². The average molecular weight is 237 g/mol. The minimum absolute atomic E-state index is 0.0521. The Morgan fingerprint density at radius 1 is 1.41 bits per heavy atom. The molecule has 0 saturated heterocycles. The first kappa shape index (κ1) is 13.6. The molecule has 17 heavy (non-hydrogen) atoms. The number of hydrogen-bond acceptors (Lipinski definition) is 3. The maximum absolute atomic E-state index is 13.1. The third kappa shape index (κ3) is 4.94. The molecule has 1 rings (SSSR count). The molecule has 0 radical (unpaired) electrons. The summed E-state index contributed by atoms with van der Waals surface area (Å²) in [6.45, 7) is 5.24. The van der Waals surface area contributed by atoms with Gasteiger partial charge in [0.2, 0.25) is 0 Å². The van der Waals surface area contributed by atoms with Gasteiger partial charge in [0.15, 0.2) is 0 Å². The summed E-state index contributed by atoms with van der Waals surface area (Å²) in [6.07, 6.45) is -0.0521. The van der Waals surface area contributed by atoms with Crippen LogP contribution in [0.15, 0.2) is 18.2 Å². The first-order valence-electron chi connectivity index (χ1n) is 5.54. The molecule has 0 N–H and O–H groups in total. The second-order valence-electron chi connectivity index (χ2n) is 3.74.